The van der Waals surface area contributed by atoms with Crippen LogP contribution in [0.3, 0.4) is 0 Å². The van der Waals surface area contributed by atoms with Gasteiger partial charge in [-0.1, -0.05) is 6.92 Å². The van der Waals surface area contributed by atoms with Gasteiger partial charge in [0.2, 0.25) is 0 Å². The SMILES string of the molecule is CCN1[C@H]2CC[C@H]1CC(=O)C2. The van der Waals surface area contributed by atoms with Crippen molar-refractivity contribution in [3.05, 3.63) is 0 Å². The summed E-state index contributed by atoms with van der Waals surface area (Å²) in [6.07, 6.45) is 4.16. The molecule has 2 heterocycles. The highest BCUT2D eigenvalue weighted by atomic mass is 16.1. The van der Waals surface area contributed by atoms with Crippen molar-refractivity contribution in [2.24, 2.45) is 0 Å². The number of rotatable bonds is 1. The Morgan fingerprint density at radius 1 is 1.36 bits per heavy atom. The third kappa shape index (κ3) is 1.09. The van der Waals surface area contributed by atoms with Gasteiger partial charge in [0.05, 0.1) is 0 Å². The van der Waals surface area contributed by atoms with Gasteiger partial charge in [0.1, 0.15) is 5.78 Å². The number of carbonyl (C=O) groups is 1. The summed E-state index contributed by atoms with van der Waals surface area (Å²) >= 11 is 0. The Kier molecular flexibility index (Phi) is 1.72. The van der Waals surface area contributed by atoms with E-state index in [0.29, 0.717) is 17.9 Å². The number of hydrogen-bond donors (Lipinski definition) is 0. The molecule has 2 saturated heterocycles. The average molecular weight is 153 g/mol. The molecule has 2 atom stereocenters. The quantitative estimate of drug-likeness (QED) is 0.564. The lowest BCUT2D eigenvalue weighted by molar-refractivity contribution is -0.123. The van der Waals surface area contributed by atoms with Crippen LogP contribution >= 0.6 is 0 Å². The normalized spacial score (nSPS) is 38.1. The minimum Gasteiger partial charge on any atom is -0.300 e. The van der Waals surface area contributed by atoms with Gasteiger partial charge in [0.15, 0.2) is 0 Å². The summed E-state index contributed by atoms with van der Waals surface area (Å²) in [6, 6.07) is 1.21. The van der Waals surface area contributed by atoms with Gasteiger partial charge in [-0.15, -0.1) is 0 Å². The van der Waals surface area contributed by atoms with Crippen molar-refractivity contribution >= 4 is 5.78 Å². The number of fused-ring (bicyclic) bond motifs is 2. The maximum atomic E-state index is 11.2. The van der Waals surface area contributed by atoms with Crippen LogP contribution in [0, 0.1) is 0 Å². The topological polar surface area (TPSA) is 20.3 Å². The van der Waals surface area contributed by atoms with Crippen molar-refractivity contribution in [1.29, 1.82) is 0 Å². The van der Waals surface area contributed by atoms with Crippen LogP contribution in [0.25, 0.3) is 0 Å². The summed E-state index contributed by atoms with van der Waals surface area (Å²) < 4.78 is 0. The molecule has 2 rings (SSSR count). The second-order valence-electron chi connectivity index (χ2n) is 3.66. The predicted octanol–water partition coefficient (Wildman–Crippen LogP) is 1.20. The summed E-state index contributed by atoms with van der Waals surface area (Å²) in [5.41, 5.74) is 0. The van der Waals surface area contributed by atoms with E-state index in [1.807, 2.05) is 0 Å². The van der Waals surface area contributed by atoms with Crippen LogP contribution in [0.5, 0.6) is 0 Å². The van der Waals surface area contributed by atoms with E-state index in [2.05, 4.69) is 11.8 Å². The Balaban J connectivity index is 2.12. The highest BCUT2D eigenvalue weighted by molar-refractivity contribution is 5.80. The molecule has 0 aromatic rings. The Labute approximate surface area is 67.6 Å². The van der Waals surface area contributed by atoms with Crippen molar-refractivity contribution in [3.8, 4) is 0 Å². The first-order valence-electron chi connectivity index (χ1n) is 4.58. The third-order valence-corrected chi connectivity index (χ3v) is 3.06. The largest absolute Gasteiger partial charge is 0.300 e. The van der Waals surface area contributed by atoms with Crippen molar-refractivity contribution in [2.75, 3.05) is 6.54 Å². The van der Waals surface area contributed by atoms with E-state index in [1.165, 1.54) is 12.8 Å². The number of Topliss-reactive ketones (excluding diaryl/α,β-unsaturated/α-hetero) is 1. The molecular formula is C9H15NO. The molecule has 0 amide bonds. The molecule has 62 valence electrons. The van der Waals surface area contributed by atoms with Gasteiger partial charge in [0.25, 0.3) is 0 Å². The molecule has 0 radical (unpaired) electrons. The van der Waals surface area contributed by atoms with E-state index >= 15 is 0 Å². The third-order valence-electron chi connectivity index (χ3n) is 3.06. The van der Waals surface area contributed by atoms with Crippen LogP contribution in [0.2, 0.25) is 0 Å². The molecule has 0 aromatic carbocycles. The number of ketones is 1. The fourth-order valence-electron chi connectivity index (χ4n) is 2.58. The number of carbonyl (C=O) groups excluding carboxylic acids is 1. The molecule has 0 N–H and O–H groups in total. The molecule has 0 aliphatic carbocycles. The standard InChI is InChI=1S/C9H15NO/c1-2-10-7-3-4-8(10)6-9(11)5-7/h7-8H,2-6H2,1H3/t7-,8-/m0/s1. The van der Waals surface area contributed by atoms with Gasteiger partial charge in [0, 0.05) is 24.9 Å². The molecule has 2 nitrogen and oxygen atoms in total. The highest BCUT2D eigenvalue weighted by Crippen LogP contribution is 2.33. The Hall–Kier alpha value is -0.370. The van der Waals surface area contributed by atoms with E-state index in [1.54, 1.807) is 0 Å². The molecule has 0 aromatic heterocycles. The van der Waals surface area contributed by atoms with Crippen molar-refractivity contribution < 1.29 is 4.79 Å². The van der Waals surface area contributed by atoms with Crippen molar-refractivity contribution in [1.82, 2.24) is 4.90 Å². The van der Waals surface area contributed by atoms with Crippen LogP contribution in [0.4, 0.5) is 0 Å². The summed E-state index contributed by atoms with van der Waals surface area (Å²) in [7, 11) is 0. The first-order chi connectivity index (χ1) is 5.31. The van der Waals surface area contributed by atoms with Gasteiger partial charge in [-0.25, -0.2) is 0 Å². The molecule has 2 fully saturated rings. The molecule has 11 heavy (non-hydrogen) atoms. The van der Waals surface area contributed by atoms with Gasteiger partial charge in [-0.3, -0.25) is 9.69 Å². The Bertz CT molecular complexity index is 162. The minimum absolute atomic E-state index is 0.488. The second kappa shape index (κ2) is 2.59. The average Bonchev–Trinajstić information content (AvgIpc) is 2.23. The van der Waals surface area contributed by atoms with Gasteiger partial charge in [-0.05, 0) is 19.4 Å². The van der Waals surface area contributed by atoms with Gasteiger partial charge >= 0.3 is 0 Å². The second-order valence-corrected chi connectivity index (χ2v) is 3.66. The smallest absolute Gasteiger partial charge is 0.136 e. The van der Waals surface area contributed by atoms with Crippen LogP contribution in [0.15, 0.2) is 0 Å². The van der Waals surface area contributed by atoms with E-state index in [4.69, 9.17) is 0 Å². The summed E-state index contributed by atoms with van der Waals surface area (Å²) in [4.78, 5) is 13.7. The zero-order valence-electron chi connectivity index (χ0n) is 7.05. The van der Waals surface area contributed by atoms with Crippen LogP contribution in [-0.2, 0) is 4.79 Å². The maximum absolute atomic E-state index is 11.2. The predicted molar refractivity (Wildman–Crippen MR) is 43.4 cm³/mol. The molecule has 0 saturated carbocycles. The van der Waals surface area contributed by atoms with Crippen molar-refractivity contribution in [3.63, 3.8) is 0 Å². The summed E-state index contributed by atoms with van der Waals surface area (Å²) in [5, 5.41) is 0. The molecule has 2 bridgehead atoms. The minimum atomic E-state index is 0.488. The van der Waals surface area contributed by atoms with Crippen molar-refractivity contribution in [2.45, 2.75) is 44.7 Å². The monoisotopic (exact) mass is 153 g/mol. The van der Waals surface area contributed by atoms with E-state index in [9.17, 15) is 4.79 Å². The first kappa shape index (κ1) is 7.29. The lowest BCUT2D eigenvalue weighted by Crippen LogP contribution is -2.42. The summed E-state index contributed by atoms with van der Waals surface area (Å²) in [6.45, 7) is 3.32. The Morgan fingerprint density at radius 3 is 2.36 bits per heavy atom. The number of piperidine rings is 1. The zero-order chi connectivity index (χ0) is 7.84. The van der Waals surface area contributed by atoms with E-state index in [0.717, 1.165) is 19.4 Å². The molecule has 2 aliphatic heterocycles. The van der Waals surface area contributed by atoms with E-state index < -0.39 is 0 Å². The highest BCUT2D eigenvalue weighted by Gasteiger charge is 2.38. The van der Waals surface area contributed by atoms with Gasteiger partial charge < -0.3 is 0 Å². The fraction of sp³-hybridized carbons (Fsp3) is 0.889. The lowest BCUT2D eigenvalue weighted by Gasteiger charge is -2.32. The molecular weight excluding hydrogens is 138 g/mol. The first-order valence-corrected chi connectivity index (χ1v) is 4.58. The Morgan fingerprint density at radius 2 is 1.91 bits per heavy atom. The summed E-state index contributed by atoms with van der Waals surface area (Å²) in [5.74, 6) is 0.488. The van der Waals surface area contributed by atoms with Crippen LogP contribution in [0.1, 0.15) is 32.6 Å². The fourth-order valence-corrected chi connectivity index (χ4v) is 2.58. The number of hydrogen-bond acceptors (Lipinski definition) is 2. The van der Waals surface area contributed by atoms with Crippen LogP contribution < -0.4 is 0 Å². The molecule has 2 heteroatoms. The maximum Gasteiger partial charge on any atom is 0.136 e. The molecule has 2 aliphatic rings. The van der Waals surface area contributed by atoms with Gasteiger partial charge in [-0.2, -0.15) is 0 Å². The van der Waals surface area contributed by atoms with E-state index in [-0.39, 0.29) is 0 Å². The molecule has 0 unspecified atom stereocenters. The molecule has 0 spiro atoms. The van der Waals surface area contributed by atoms with Crippen LogP contribution in [-0.4, -0.2) is 29.3 Å². The lowest BCUT2D eigenvalue weighted by atomic mass is 10.0. The number of nitrogens with zero attached hydrogens (tertiary/aromatic N) is 1. The zero-order valence-corrected chi connectivity index (χ0v) is 7.05.